The van der Waals surface area contributed by atoms with Gasteiger partial charge < -0.3 is 10.5 Å². The normalized spacial score (nSPS) is 20.2. The molecule has 0 saturated carbocycles. The van der Waals surface area contributed by atoms with Gasteiger partial charge in [0.15, 0.2) is 0 Å². The topological polar surface area (TPSA) is 81.6 Å². The van der Waals surface area contributed by atoms with E-state index in [4.69, 9.17) is 10.5 Å². The van der Waals surface area contributed by atoms with E-state index < -0.39 is 4.92 Å². The van der Waals surface area contributed by atoms with Crippen LogP contribution >= 0.6 is 0 Å². The van der Waals surface area contributed by atoms with Crippen LogP contribution < -0.4 is 5.73 Å². The van der Waals surface area contributed by atoms with E-state index in [0.717, 1.165) is 25.1 Å². The zero-order valence-electron chi connectivity index (χ0n) is 10.3. The van der Waals surface area contributed by atoms with Gasteiger partial charge in [-0.3, -0.25) is 15.0 Å². The zero-order chi connectivity index (χ0) is 13.1. The molecule has 1 unspecified atom stereocenters. The van der Waals surface area contributed by atoms with E-state index in [1.165, 1.54) is 0 Å². The van der Waals surface area contributed by atoms with Crippen LogP contribution in [0.3, 0.4) is 0 Å². The Hall–Kier alpha value is -1.66. The van der Waals surface area contributed by atoms with Crippen molar-refractivity contribution >= 4 is 11.4 Å². The van der Waals surface area contributed by atoms with Crippen molar-refractivity contribution in [1.29, 1.82) is 0 Å². The van der Waals surface area contributed by atoms with Gasteiger partial charge in [-0.2, -0.15) is 0 Å². The van der Waals surface area contributed by atoms with E-state index in [2.05, 4.69) is 4.90 Å². The first kappa shape index (κ1) is 12.8. The number of nitrogen functional groups attached to an aromatic ring is 1. The number of anilines is 1. The zero-order valence-corrected chi connectivity index (χ0v) is 10.3. The molecule has 0 aromatic heterocycles. The average molecular weight is 251 g/mol. The first-order valence-corrected chi connectivity index (χ1v) is 5.88. The Morgan fingerprint density at radius 2 is 2.39 bits per heavy atom. The molecule has 6 nitrogen and oxygen atoms in total. The highest BCUT2D eigenvalue weighted by Gasteiger charge is 2.22. The molecule has 18 heavy (non-hydrogen) atoms. The number of nitro benzene ring substituents is 1. The lowest BCUT2D eigenvalue weighted by molar-refractivity contribution is -0.384. The lowest BCUT2D eigenvalue weighted by Crippen LogP contribution is -2.22. The Kier molecular flexibility index (Phi) is 3.78. The molecule has 0 aliphatic carbocycles. The number of methoxy groups -OCH3 is 1. The van der Waals surface area contributed by atoms with Crippen molar-refractivity contribution in [2.45, 2.75) is 19.1 Å². The number of ether oxygens (including phenoxy) is 1. The van der Waals surface area contributed by atoms with Gasteiger partial charge in [-0.15, -0.1) is 0 Å². The van der Waals surface area contributed by atoms with Gasteiger partial charge in [0.25, 0.3) is 5.69 Å². The maximum atomic E-state index is 10.8. The largest absolute Gasteiger partial charge is 0.393 e. The van der Waals surface area contributed by atoms with E-state index in [9.17, 15) is 10.1 Å². The average Bonchev–Trinajstić information content (AvgIpc) is 2.79. The monoisotopic (exact) mass is 251 g/mol. The van der Waals surface area contributed by atoms with Crippen LogP contribution in [0.2, 0.25) is 0 Å². The molecule has 6 heteroatoms. The molecule has 1 heterocycles. The van der Waals surface area contributed by atoms with Crippen molar-refractivity contribution in [3.05, 3.63) is 33.9 Å². The molecule has 2 N–H and O–H groups in total. The van der Waals surface area contributed by atoms with Gasteiger partial charge in [-0.1, -0.05) is 6.07 Å². The first-order chi connectivity index (χ1) is 8.60. The van der Waals surface area contributed by atoms with Crippen LogP contribution in [0, 0.1) is 10.1 Å². The molecule has 1 aromatic carbocycles. The Morgan fingerprint density at radius 1 is 1.61 bits per heavy atom. The third-order valence-electron chi connectivity index (χ3n) is 3.26. The second-order valence-corrected chi connectivity index (χ2v) is 4.53. The molecule has 0 radical (unpaired) electrons. The van der Waals surface area contributed by atoms with Gasteiger partial charge in [0.05, 0.1) is 11.0 Å². The first-order valence-electron chi connectivity index (χ1n) is 5.88. The van der Waals surface area contributed by atoms with Gasteiger partial charge in [-0.25, -0.2) is 0 Å². The van der Waals surface area contributed by atoms with E-state index in [1.807, 2.05) is 6.07 Å². The Balaban J connectivity index is 2.06. The standard InChI is InChI=1S/C12H17N3O3/c1-18-10-4-5-14(8-10)7-9-2-3-11(13)12(6-9)15(16)17/h2-3,6,10H,4-5,7-8,13H2,1H3. The van der Waals surface area contributed by atoms with Crippen LogP contribution in [-0.4, -0.2) is 36.1 Å². The van der Waals surface area contributed by atoms with E-state index in [1.54, 1.807) is 19.2 Å². The Bertz CT molecular complexity index is 450. The van der Waals surface area contributed by atoms with Crippen LogP contribution in [0.15, 0.2) is 18.2 Å². The van der Waals surface area contributed by atoms with Crippen molar-refractivity contribution in [2.24, 2.45) is 0 Å². The van der Waals surface area contributed by atoms with Crippen LogP contribution in [-0.2, 0) is 11.3 Å². The van der Waals surface area contributed by atoms with Crippen molar-refractivity contribution < 1.29 is 9.66 Å². The molecular formula is C12H17N3O3. The summed E-state index contributed by atoms with van der Waals surface area (Å²) in [5, 5.41) is 10.8. The third kappa shape index (κ3) is 2.77. The number of nitrogens with two attached hydrogens (primary N) is 1. The van der Waals surface area contributed by atoms with Crippen LogP contribution in [0.5, 0.6) is 0 Å². The number of likely N-dealkylation sites (tertiary alicyclic amines) is 1. The Labute approximate surface area is 105 Å². The van der Waals surface area contributed by atoms with Gasteiger partial charge in [0.1, 0.15) is 5.69 Å². The van der Waals surface area contributed by atoms with Crippen LogP contribution in [0.25, 0.3) is 0 Å². The molecule has 1 aromatic rings. The number of rotatable bonds is 4. The summed E-state index contributed by atoms with van der Waals surface area (Å²) in [4.78, 5) is 12.6. The van der Waals surface area contributed by atoms with Gasteiger partial charge >= 0.3 is 0 Å². The van der Waals surface area contributed by atoms with E-state index >= 15 is 0 Å². The molecule has 1 atom stereocenters. The molecule has 1 aliphatic rings. The van der Waals surface area contributed by atoms with E-state index in [0.29, 0.717) is 6.54 Å². The fraction of sp³-hybridized carbons (Fsp3) is 0.500. The molecule has 1 saturated heterocycles. The number of nitro groups is 1. The highest BCUT2D eigenvalue weighted by Crippen LogP contribution is 2.24. The minimum atomic E-state index is -0.444. The molecule has 2 rings (SSSR count). The summed E-state index contributed by atoms with van der Waals surface area (Å²) in [6.07, 6.45) is 1.28. The molecule has 1 aliphatic heterocycles. The van der Waals surface area contributed by atoms with Crippen LogP contribution in [0.1, 0.15) is 12.0 Å². The molecule has 1 fully saturated rings. The van der Waals surface area contributed by atoms with Crippen molar-refractivity contribution in [1.82, 2.24) is 4.90 Å². The Morgan fingerprint density at radius 3 is 3.00 bits per heavy atom. The second kappa shape index (κ2) is 5.32. The summed E-state index contributed by atoms with van der Waals surface area (Å²) in [6, 6.07) is 4.98. The summed E-state index contributed by atoms with van der Waals surface area (Å²) in [5.74, 6) is 0. The summed E-state index contributed by atoms with van der Waals surface area (Å²) >= 11 is 0. The fourth-order valence-corrected chi connectivity index (χ4v) is 2.24. The molecule has 98 valence electrons. The molecular weight excluding hydrogens is 234 g/mol. The summed E-state index contributed by atoms with van der Waals surface area (Å²) in [7, 11) is 1.71. The second-order valence-electron chi connectivity index (χ2n) is 4.53. The SMILES string of the molecule is COC1CCN(Cc2ccc(N)c([N+](=O)[O-])c2)C1. The summed E-state index contributed by atoms with van der Waals surface area (Å²) in [6.45, 7) is 2.52. The highest BCUT2D eigenvalue weighted by molar-refractivity contribution is 5.59. The fourth-order valence-electron chi connectivity index (χ4n) is 2.24. The van der Waals surface area contributed by atoms with Crippen molar-refractivity contribution in [2.75, 3.05) is 25.9 Å². The minimum Gasteiger partial charge on any atom is -0.393 e. The van der Waals surface area contributed by atoms with Crippen molar-refractivity contribution in [3.8, 4) is 0 Å². The van der Waals surface area contributed by atoms with Crippen LogP contribution in [0.4, 0.5) is 11.4 Å². The maximum absolute atomic E-state index is 10.8. The quantitative estimate of drug-likeness (QED) is 0.497. The van der Waals surface area contributed by atoms with Gasteiger partial charge in [0.2, 0.25) is 0 Å². The number of nitrogens with zero attached hydrogens (tertiary/aromatic N) is 2. The maximum Gasteiger partial charge on any atom is 0.292 e. The van der Waals surface area contributed by atoms with Gasteiger partial charge in [-0.05, 0) is 18.1 Å². The lowest BCUT2D eigenvalue weighted by atomic mass is 10.1. The predicted molar refractivity (Wildman–Crippen MR) is 68.2 cm³/mol. The minimum absolute atomic E-state index is 0.0185. The predicted octanol–water partition coefficient (Wildman–Crippen LogP) is 1.40. The molecule has 0 amide bonds. The summed E-state index contributed by atoms with van der Waals surface area (Å²) < 4.78 is 5.29. The number of benzene rings is 1. The van der Waals surface area contributed by atoms with Crippen molar-refractivity contribution in [3.63, 3.8) is 0 Å². The molecule has 0 bridgehead atoms. The third-order valence-corrected chi connectivity index (χ3v) is 3.26. The lowest BCUT2D eigenvalue weighted by Gasteiger charge is -2.15. The van der Waals surface area contributed by atoms with E-state index in [-0.39, 0.29) is 17.5 Å². The summed E-state index contributed by atoms with van der Waals surface area (Å²) in [5.41, 5.74) is 6.67. The van der Waals surface area contributed by atoms with Gasteiger partial charge in [0, 0.05) is 32.8 Å². The molecule has 0 spiro atoms. The highest BCUT2D eigenvalue weighted by atomic mass is 16.6. The number of hydrogen-bond donors (Lipinski definition) is 1. The number of hydrogen-bond acceptors (Lipinski definition) is 5. The smallest absolute Gasteiger partial charge is 0.292 e.